The van der Waals surface area contributed by atoms with Crippen LogP contribution in [0.1, 0.15) is 41.5 Å². The van der Waals surface area contributed by atoms with Crippen LogP contribution in [0.25, 0.3) is 88.4 Å². The molecule has 7 aromatic carbocycles. The Balaban J connectivity index is 0.941. The van der Waals surface area contributed by atoms with Crippen LogP contribution in [0, 0.1) is 0 Å². The Morgan fingerprint density at radius 1 is 0.476 bits per heavy atom. The second kappa shape index (κ2) is 15.5. The quantitative estimate of drug-likeness (QED) is 0.150. The predicted octanol–water partition coefficient (Wildman–Crippen LogP) is 15.6. The van der Waals surface area contributed by atoms with E-state index in [1.165, 1.54) is 65.8 Å². The molecule has 0 bridgehead atoms. The Kier molecular flexibility index (Phi) is 9.11. The minimum Gasteiger partial charge on any atom is -0.309 e. The highest BCUT2D eigenvalue weighted by Crippen LogP contribution is 2.41. The standard InChI is InChI=1S/C60H43N3/c1-4-16-40(17-5-1)53-39-57(43-20-8-3-9-21-43)61-54-33-32-41-30-31-46(36-52(41)60(53)54)44-22-14-23-45(34-44)48-37-55(42-18-6-2-7-19-42)62-56(38-48)47-24-15-25-49(35-47)63-58-28-12-10-26-50(58)51-27-11-13-29-59(51)63/h1-18,20-33,35-39,42,44H,19,34H2. The molecule has 0 spiro atoms. The topological polar surface area (TPSA) is 30.7 Å². The summed E-state index contributed by atoms with van der Waals surface area (Å²) in [5, 5.41) is 6.16. The highest BCUT2D eigenvalue weighted by atomic mass is 15.0. The summed E-state index contributed by atoms with van der Waals surface area (Å²) in [5.74, 6) is 0.422. The van der Waals surface area contributed by atoms with Crippen molar-refractivity contribution in [3.05, 3.63) is 241 Å². The first-order valence-corrected chi connectivity index (χ1v) is 22.0. The molecule has 0 amide bonds. The lowest BCUT2D eigenvalue weighted by Gasteiger charge is -2.22. The SMILES string of the molecule is C1=CCC(c2cc(C3=CC=CC(c4ccc5ccc6nc(-c7ccccc7)cc(-c7ccccc7)c6c5c4)C3)cc(-c3cccc(-n4c5ccccc5c5ccccc54)c3)n2)C=C1. The molecule has 3 aromatic heterocycles. The third kappa shape index (κ3) is 6.70. The third-order valence-corrected chi connectivity index (χ3v) is 13.0. The lowest BCUT2D eigenvalue weighted by Crippen LogP contribution is -2.05. The zero-order valence-corrected chi connectivity index (χ0v) is 34.8. The highest BCUT2D eigenvalue weighted by molar-refractivity contribution is 6.14. The minimum absolute atomic E-state index is 0.206. The zero-order chi connectivity index (χ0) is 41.7. The second-order valence-electron chi connectivity index (χ2n) is 16.9. The summed E-state index contributed by atoms with van der Waals surface area (Å²) in [6.45, 7) is 0. The molecule has 0 fully saturated rings. The lowest BCUT2D eigenvalue weighted by atomic mass is 9.83. The third-order valence-electron chi connectivity index (χ3n) is 13.0. The molecule has 0 N–H and O–H groups in total. The van der Waals surface area contributed by atoms with Crippen LogP contribution in [0.5, 0.6) is 0 Å². The monoisotopic (exact) mass is 805 g/mol. The average molecular weight is 806 g/mol. The Morgan fingerprint density at radius 3 is 1.95 bits per heavy atom. The van der Waals surface area contributed by atoms with E-state index in [-0.39, 0.29) is 11.8 Å². The van der Waals surface area contributed by atoms with Gasteiger partial charge in [0.2, 0.25) is 0 Å². The van der Waals surface area contributed by atoms with Gasteiger partial charge in [-0.05, 0) is 106 Å². The molecule has 63 heavy (non-hydrogen) atoms. The smallest absolute Gasteiger partial charge is 0.0722 e. The van der Waals surface area contributed by atoms with Gasteiger partial charge in [-0.25, -0.2) is 4.98 Å². The Labute approximate surface area is 367 Å². The highest BCUT2D eigenvalue weighted by Gasteiger charge is 2.21. The van der Waals surface area contributed by atoms with Crippen molar-refractivity contribution in [1.82, 2.24) is 14.5 Å². The largest absolute Gasteiger partial charge is 0.309 e. The van der Waals surface area contributed by atoms with Gasteiger partial charge in [0.05, 0.1) is 27.9 Å². The molecule has 0 saturated heterocycles. The minimum atomic E-state index is 0.206. The van der Waals surface area contributed by atoms with E-state index in [1.807, 2.05) is 0 Å². The van der Waals surface area contributed by atoms with Crippen LogP contribution in [0.15, 0.2) is 225 Å². The van der Waals surface area contributed by atoms with Crippen molar-refractivity contribution < 1.29 is 0 Å². The number of allylic oxidation sites excluding steroid dienone is 8. The van der Waals surface area contributed by atoms with Crippen LogP contribution in [0.4, 0.5) is 0 Å². The number of para-hydroxylation sites is 2. The van der Waals surface area contributed by atoms with Gasteiger partial charge in [0.25, 0.3) is 0 Å². The van der Waals surface area contributed by atoms with E-state index in [4.69, 9.17) is 9.97 Å². The van der Waals surface area contributed by atoms with E-state index >= 15 is 0 Å². The van der Waals surface area contributed by atoms with E-state index in [1.54, 1.807) is 0 Å². The van der Waals surface area contributed by atoms with E-state index in [0.29, 0.717) is 0 Å². The fraction of sp³-hybridized carbons (Fsp3) is 0.0667. The summed E-state index contributed by atoms with van der Waals surface area (Å²) >= 11 is 0. The molecular weight excluding hydrogens is 763 g/mol. The Morgan fingerprint density at radius 2 is 1.17 bits per heavy atom. The molecule has 2 atom stereocenters. The lowest BCUT2D eigenvalue weighted by molar-refractivity contribution is 0.814. The average Bonchev–Trinajstić information content (AvgIpc) is 3.71. The second-order valence-corrected chi connectivity index (χ2v) is 16.9. The summed E-state index contributed by atoms with van der Waals surface area (Å²) in [7, 11) is 0. The summed E-state index contributed by atoms with van der Waals surface area (Å²) in [6, 6.07) is 66.0. The molecule has 3 heteroatoms. The van der Waals surface area contributed by atoms with Crippen molar-refractivity contribution >= 4 is 49.1 Å². The summed E-state index contributed by atoms with van der Waals surface area (Å²) in [5.41, 5.74) is 16.1. The van der Waals surface area contributed by atoms with E-state index < -0.39 is 0 Å². The molecule has 3 heterocycles. The number of hydrogen-bond donors (Lipinski definition) is 0. The summed E-state index contributed by atoms with van der Waals surface area (Å²) in [6.07, 6.45) is 17.6. The van der Waals surface area contributed by atoms with Crippen LogP contribution in [0.2, 0.25) is 0 Å². The van der Waals surface area contributed by atoms with E-state index in [2.05, 4.69) is 229 Å². The van der Waals surface area contributed by atoms with Crippen LogP contribution in [-0.2, 0) is 0 Å². The van der Waals surface area contributed by atoms with Gasteiger partial charge in [0.15, 0.2) is 0 Å². The van der Waals surface area contributed by atoms with Crippen molar-refractivity contribution in [2.24, 2.45) is 0 Å². The summed E-state index contributed by atoms with van der Waals surface area (Å²) in [4.78, 5) is 10.7. The van der Waals surface area contributed by atoms with Gasteiger partial charge in [-0.2, -0.15) is 0 Å². The normalized spacial score (nSPS) is 16.0. The molecule has 298 valence electrons. The molecule has 0 aliphatic heterocycles. The number of pyridine rings is 2. The maximum absolute atomic E-state index is 5.42. The van der Waals surface area contributed by atoms with E-state index in [0.717, 1.165) is 52.3 Å². The van der Waals surface area contributed by atoms with Gasteiger partial charge in [0.1, 0.15) is 0 Å². The molecule has 10 aromatic rings. The molecule has 2 aliphatic carbocycles. The van der Waals surface area contributed by atoms with Gasteiger partial charge < -0.3 is 4.57 Å². The van der Waals surface area contributed by atoms with Crippen LogP contribution in [-0.4, -0.2) is 14.5 Å². The molecular formula is C60H43N3. The molecule has 3 nitrogen and oxygen atoms in total. The number of fused-ring (bicyclic) bond motifs is 6. The maximum atomic E-state index is 5.42. The van der Waals surface area contributed by atoms with Crippen LogP contribution < -0.4 is 0 Å². The fourth-order valence-corrected chi connectivity index (χ4v) is 9.91. The molecule has 2 unspecified atom stereocenters. The number of hydrogen-bond acceptors (Lipinski definition) is 2. The fourth-order valence-electron chi connectivity index (χ4n) is 9.91. The van der Waals surface area contributed by atoms with Crippen LogP contribution in [0.3, 0.4) is 0 Å². The van der Waals surface area contributed by atoms with Gasteiger partial charge in [-0.15, -0.1) is 0 Å². The molecule has 0 radical (unpaired) electrons. The Hall–Kier alpha value is -7.88. The van der Waals surface area contributed by atoms with Crippen LogP contribution >= 0.6 is 0 Å². The first-order valence-electron chi connectivity index (χ1n) is 22.0. The number of rotatable bonds is 7. The Bertz CT molecular complexity index is 3460. The van der Waals surface area contributed by atoms with Crippen molar-refractivity contribution in [2.45, 2.75) is 24.7 Å². The van der Waals surface area contributed by atoms with Crippen molar-refractivity contribution in [1.29, 1.82) is 0 Å². The molecule has 12 rings (SSSR count). The van der Waals surface area contributed by atoms with Gasteiger partial charge in [0, 0.05) is 50.5 Å². The number of nitrogens with zero attached hydrogens (tertiary/aromatic N) is 3. The number of benzene rings is 7. The predicted molar refractivity (Wildman–Crippen MR) is 264 cm³/mol. The first-order chi connectivity index (χ1) is 31.2. The van der Waals surface area contributed by atoms with Gasteiger partial charge in [-0.1, -0.05) is 170 Å². The molecule has 0 saturated carbocycles. The summed E-state index contributed by atoms with van der Waals surface area (Å²) < 4.78 is 2.39. The van der Waals surface area contributed by atoms with Crippen molar-refractivity contribution in [2.75, 3.05) is 0 Å². The maximum Gasteiger partial charge on any atom is 0.0722 e. The van der Waals surface area contributed by atoms with E-state index in [9.17, 15) is 0 Å². The zero-order valence-electron chi connectivity index (χ0n) is 34.8. The van der Waals surface area contributed by atoms with Gasteiger partial charge >= 0.3 is 0 Å². The van der Waals surface area contributed by atoms with Crippen molar-refractivity contribution in [3.8, 4) is 39.3 Å². The van der Waals surface area contributed by atoms with Crippen molar-refractivity contribution in [3.63, 3.8) is 0 Å². The van der Waals surface area contributed by atoms with Gasteiger partial charge in [-0.3, -0.25) is 4.98 Å². The first kappa shape index (κ1) is 36.9. The number of aromatic nitrogens is 3. The molecule has 2 aliphatic rings.